The molecule has 0 unspecified atom stereocenters. The molecule has 27 heavy (non-hydrogen) atoms. The van der Waals surface area contributed by atoms with E-state index >= 15 is 0 Å². The summed E-state index contributed by atoms with van der Waals surface area (Å²) >= 11 is 1.72. The molecule has 3 rings (SSSR count). The van der Waals surface area contributed by atoms with Crippen molar-refractivity contribution >= 4 is 41.3 Å². The van der Waals surface area contributed by atoms with Gasteiger partial charge in [-0.1, -0.05) is 32.9 Å². The van der Waals surface area contributed by atoms with E-state index in [1.165, 1.54) is 11.1 Å². The van der Waals surface area contributed by atoms with Crippen molar-refractivity contribution in [3.8, 4) is 5.75 Å². The van der Waals surface area contributed by atoms with E-state index in [0.29, 0.717) is 6.54 Å². The minimum Gasteiger partial charge on any atom is -0.493 e. The highest BCUT2D eigenvalue weighted by atomic mass is 127. The van der Waals surface area contributed by atoms with Gasteiger partial charge >= 0.3 is 0 Å². The number of halogens is 1. The predicted molar refractivity (Wildman–Crippen MR) is 124 cm³/mol. The summed E-state index contributed by atoms with van der Waals surface area (Å²) in [5.74, 6) is 1.84. The molecule has 2 N–H and O–H groups in total. The highest BCUT2D eigenvalue weighted by Gasteiger charge is 2.18. The Morgan fingerprint density at radius 1 is 1.30 bits per heavy atom. The van der Waals surface area contributed by atoms with E-state index in [2.05, 4.69) is 60.0 Å². The van der Waals surface area contributed by atoms with Gasteiger partial charge in [0.1, 0.15) is 5.75 Å². The lowest BCUT2D eigenvalue weighted by molar-refractivity contribution is 0.357. The van der Waals surface area contributed by atoms with Gasteiger partial charge in [0.15, 0.2) is 5.96 Å². The second kappa shape index (κ2) is 9.73. The molecule has 0 saturated carbocycles. The molecule has 2 heterocycles. The molecule has 0 amide bonds. The Bertz CT molecular complexity index is 783. The first-order valence-electron chi connectivity index (χ1n) is 9.10. The van der Waals surface area contributed by atoms with E-state index in [-0.39, 0.29) is 29.4 Å². The highest BCUT2D eigenvalue weighted by Crippen LogP contribution is 2.26. The Kier molecular flexibility index (Phi) is 7.91. The van der Waals surface area contributed by atoms with E-state index in [4.69, 9.17) is 9.72 Å². The van der Waals surface area contributed by atoms with Crippen molar-refractivity contribution in [1.82, 2.24) is 15.6 Å². The van der Waals surface area contributed by atoms with Gasteiger partial charge in [-0.25, -0.2) is 4.98 Å². The zero-order valence-corrected chi connectivity index (χ0v) is 19.6. The average Bonchev–Trinajstić information content (AvgIpc) is 3.26. The van der Waals surface area contributed by atoms with Crippen LogP contribution in [0.3, 0.4) is 0 Å². The normalized spacial score (nSPS) is 13.6. The number of rotatable bonds is 5. The van der Waals surface area contributed by atoms with Gasteiger partial charge in [0.25, 0.3) is 0 Å². The summed E-state index contributed by atoms with van der Waals surface area (Å²) in [6.45, 7) is 8.89. The number of fused-ring (bicyclic) bond motifs is 1. The maximum atomic E-state index is 5.56. The average molecular weight is 500 g/mol. The van der Waals surface area contributed by atoms with Gasteiger partial charge in [0.05, 0.1) is 23.9 Å². The van der Waals surface area contributed by atoms with Gasteiger partial charge in [-0.2, -0.15) is 0 Å². The first-order valence-corrected chi connectivity index (χ1v) is 9.97. The fourth-order valence-electron chi connectivity index (χ4n) is 2.85. The van der Waals surface area contributed by atoms with Crippen LogP contribution < -0.4 is 15.4 Å². The number of hydrogen-bond acceptors (Lipinski definition) is 4. The minimum absolute atomic E-state index is 0. The summed E-state index contributed by atoms with van der Waals surface area (Å²) < 4.78 is 5.56. The summed E-state index contributed by atoms with van der Waals surface area (Å²) in [6, 6.07) is 6.48. The molecule has 1 aliphatic heterocycles. The quantitative estimate of drug-likeness (QED) is 0.372. The molecule has 0 radical (unpaired) electrons. The van der Waals surface area contributed by atoms with Crippen LogP contribution in [0.15, 0.2) is 28.6 Å². The second-order valence-corrected chi connectivity index (χ2v) is 8.40. The first-order chi connectivity index (χ1) is 12.5. The van der Waals surface area contributed by atoms with Crippen LogP contribution in [0.1, 0.15) is 42.6 Å². The molecule has 0 aliphatic carbocycles. The lowest BCUT2D eigenvalue weighted by atomic mass is 9.98. The van der Waals surface area contributed by atoms with Crippen molar-refractivity contribution in [3.63, 3.8) is 0 Å². The fourth-order valence-corrected chi connectivity index (χ4v) is 3.76. The van der Waals surface area contributed by atoms with Crippen LogP contribution in [-0.2, 0) is 24.8 Å². The Morgan fingerprint density at radius 3 is 2.81 bits per heavy atom. The molecule has 0 atom stereocenters. The van der Waals surface area contributed by atoms with Crippen molar-refractivity contribution in [2.24, 2.45) is 4.99 Å². The van der Waals surface area contributed by atoms with Crippen molar-refractivity contribution < 1.29 is 4.74 Å². The number of hydrogen-bond donors (Lipinski definition) is 2. The van der Waals surface area contributed by atoms with Gasteiger partial charge in [-0.15, -0.1) is 35.3 Å². The lowest BCUT2D eigenvalue weighted by Gasteiger charge is -2.14. The van der Waals surface area contributed by atoms with Crippen LogP contribution in [0.5, 0.6) is 5.75 Å². The third kappa shape index (κ3) is 6.07. The Labute approximate surface area is 183 Å². The number of aromatic nitrogens is 1. The molecule has 5 nitrogen and oxygen atoms in total. The van der Waals surface area contributed by atoms with E-state index in [1.807, 2.05) is 0 Å². The molecule has 1 aromatic carbocycles. The van der Waals surface area contributed by atoms with Crippen LogP contribution in [0.4, 0.5) is 0 Å². The third-order valence-corrected chi connectivity index (χ3v) is 5.63. The largest absolute Gasteiger partial charge is 0.493 e. The first kappa shape index (κ1) is 21.9. The molecule has 0 fully saturated rings. The monoisotopic (exact) mass is 500 g/mol. The standard InChI is InChI=1S/C20H28N4OS.HI/c1-20(2,3)18-24-16(13-26-18)12-23-19(21-4)22-9-7-14-5-6-17-15(11-14)8-10-25-17;/h5-6,11,13H,7-10,12H2,1-4H3,(H2,21,22,23);1H. The van der Waals surface area contributed by atoms with Crippen LogP contribution in [0, 0.1) is 0 Å². The smallest absolute Gasteiger partial charge is 0.191 e. The molecule has 7 heteroatoms. The summed E-state index contributed by atoms with van der Waals surface area (Å²) in [7, 11) is 1.80. The highest BCUT2D eigenvalue weighted by molar-refractivity contribution is 14.0. The fraction of sp³-hybridized carbons (Fsp3) is 0.500. The molecule has 1 aromatic heterocycles. The van der Waals surface area contributed by atoms with E-state index in [0.717, 1.165) is 48.4 Å². The van der Waals surface area contributed by atoms with Gasteiger partial charge in [-0.05, 0) is 23.6 Å². The number of aliphatic imine (C=N–C) groups is 1. The van der Waals surface area contributed by atoms with Crippen LogP contribution in [-0.4, -0.2) is 31.1 Å². The summed E-state index contributed by atoms with van der Waals surface area (Å²) in [4.78, 5) is 9.01. The third-order valence-electron chi connectivity index (χ3n) is 4.31. The number of nitrogens with one attached hydrogen (secondary N) is 2. The molecular formula is C20H29IN4OS. The maximum absolute atomic E-state index is 5.56. The molecule has 0 saturated heterocycles. The number of guanidine groups is 1. The zero-order chi connectivity index (χ0) is 18.6. The number of nitrogens with zero attached hydrogens (tertiary/aromatic N) is 2. The molecule has 0 bridgehead atoms. The van der Waals surface area contributed by atoms with Crippen LogP contribution >= 0.6 is 35.3 Å². The van der Waals surface area contributed by atoms with E-state index in [1.54, 1.807) is 18.4 Å². The van der Waals surface area contributed by atoms with Crippen molar-refractivity contribution in [3.05, 3.63) is 45.4 Å². The predicted octanol–water partition coefficient (Wildman–Crippen LogP) is 3.90. The molecule has 1 aliphatic rings. The Morgan fingerprint density at radius 2 is 2.11 bits per heavy atom. The van der Waals surface area contributed by atoms with Crippen molar-refractivity contribution in [1.29, 1.82) is 0 Å². The Balaban J connectivity index is 0.00000261. The van der Waals surface area contributed by atoms with Crippen molar-refractivity contribution in [2.45, 2.75) is 45.6 Å². The second-order valence-electron chi connectivity index (χ2n) is 7.54. The van der Waals surface area contributed by atoms with Gasteiger partial charge < -0.3 is 15.4 Å². The molecule has 0 spiro atoms. The molecule has 148 valence electrons. The SMILES string of the molecule is CN=C(NCCc1ccc2c(c1)CCO2)NCc1csc(C(C)(C)C)n1.I. The van der Waals surface area contributed by atoms with E-state index in [9.17, 15) is 0 Å². The van der Waals surface area contributed by atoms with Gasteiger partial charge in [0.2, 0.25) is 0 Å². The molecular weight excluding hydrogens is 471 g/mol. The van der Waals surface area contributed by atoms with Crippen LogP contribution in [0.2, 0.25) is 0 Å². The minimum atomic E-state index is 0. The van der Waals surface area contributed by atoms with Crippen LogP contribution in [0.25, 0.3) is 0 Å². The number of ether oxygens (including phenoxy) is 1. The van der Waals surface area contributed by atoms with E-state index < -0.39 is 0 Å². The maximum Gasteiger partial charge on any atom is 0.191 e. The Hall–Kier alpha value is -1.35. The van der Waals surface area contributed by atoms with Gasteiger partial charge in [0, 0.05) is 30.8 Å². The summed E-state index contributed by atoms with van der Waals surface area (Å²) in [6.07, 6.45) is 1.98. The van der Waals surface area contributed by atoms with Crippen molar-refractivity contribution in [2.75, 3.05) is 20.2 Å². The lowest BCUT2D eigenvalue weighted by Crippen LogP contribution is -2.38. The van der Waals surface area contributed by atoms with Gasteiger partial charge in [-0.3, -0.25) is 4.99 Å². The number of thiazole rings is 1. The number of benzene rings is 1. The molecule has 2 aromatic rings. The summed E-state index contributed by atoms with van der Waals surface area (Å²) in [5, 5.41) is 10.0. The topological polar surface area (TPSA) is 58.5 Å². The summed E-state index contributed by atoms with van der Waals surface area (Å²) in [5.41, 5.74) is 3.81. The zero-order valence-electron chi connectivity index (χ0n) is 16.5.